The molecule has 1 aromatic carbocycles. The van der Waals surface area contributed by atoms with Gasteiger partial charge in [-0.2, -0.15) is 13.2 Å². The van der Waals surface area contributed by atoms with Crippen LogP contribution in [0.1, 0.15) is 43.8 Å². The number of benzene rings is 1. The molecule has 0 aliphatic heterocycles. The Bertz CT molecular complexity index is 1480. The number of carboxylic acid groups (broad SMARTS) is 1. The molecule has 1 aliphatic carbocycles. The van der Waals surface area contributed by atoms with Crippen LogP contribution >= 0.6 is 11.3 Å². The van der Waals surface area contributed by atoms with E-state index < -0.39 is 34.8 Å². The van der Waals surface area contributed by atoms with Gasteiger partial charge in [0.1, 0.15) is 16.3 Å². The Morgan fingerprint density at radius 2 is 2.03 bits per heavy atom. The van der Waals surface area contributed by atoms with Crippen molar-refractivity contribution in [2.24, 2.45) is 11.3 Å². The second-order valence-electron chi connectivity index (χ2n) is 10.0. The van der Waals surface area contributed by atoms with E-state index in [2.05, 4.69) is 25.3 Å². The third kappa shape index (κ3) is 4.78. The summed E-state index contributed by atoms with van der Waals surface area (Å²) in [6, 6.07) is 6.20. The minimum atomic E-state index is -4.59. The van der Waals surface area contributed by atoms with Gasteiger partial charge in [-0.05, 0) is 48.9 Å². The molecule has 37 heavy (non-hydrogen) atoms. The Balaban J connectivity index is 1.48. The lowest BCUT2D eigenvalue weighted by Crippen LogP contribution is -2.44. The van der Waals surface area contributed by atoms with Gasteiger partial charge in [0.2, 0.25) is 5.95 Å². The number of H-pyrrole nitrogens is 1. The summed E-state index contributed by atoms with van der Waals surface area (Å²) in [6.45, 7) is 3.69. The highest BCUT2D eigenvalue weighted by Crippen LogP contribution is 2.51. The first-order chi connectivity index (χ1) is 17.4. The van der Waals surface area contributed by atoms with Crippen molar-refractivity contribution in [3.63, 3.8) is 0 Å². The van der Waals surface area contributed by atoms with Gasteiger partial charge in [-0.3, -0.25) is 4.79 Å². The molecule has 1 fully saturated rings. The summed E-state index contributed by atoms with van der Waals surface area (Å²) < 4.78 is 39.2. The Morgan fingerprint density at radius 3 is 2.73 bits per heavy atom. The van der Waals surface area contributed by atoms with Crippen LogP contribution in [0.2, 0.25) is 0 Å². The summed E-state index contributed by atoms with van der Waals surface area (Å²) in [6.07, 6.45) is 0.747. The number of hydrogen-bond acceptors (Lipinski definition) is 7. The molecule has 8 nitrogen and oxygen atoms in total. The first-order valence-corrected chi connectivity index (χ1v) is 12.4. The third-order valence-electron chi connectivity index (χ3n) is 6.88. The fourth-order valence-electron chi connectivity index (χ4n) is 5.14. The number of nitrogens with one attached hydrogen (secondary N) is 2. The monoisotopic (exact) mass is 531 g/mol. The quantitative estimate of drug-likeness (QED) is 0.251. The molecule has 2 atom stereocenters. The van der Waals surface area contributed by atoms with Crippen LogP contribution in [-0.4, -0.2) is 36.1 Å². The molecular formula is C25H24F3N5O3S. The van der Waals surface area contributed by atoms with Crippen molar-refractivity contribution in [2.75, 3.05) is 5.32 Å². The van der Waals surface area contributed by atoms with Crippen molar-refractivity contribution in [1.29, 1.82) is 0 Å². The zero-order valence-electron chi connectivity index (χ0n) is 19.9. The number of aliphatic carboxylic acids is 1. The standard InChI is InChI=1S/C25H24F3N5O3S/c1-23(2)12-24(36,6-3-16(23)20(34)35)21-31-11-18(37-21)15-9-13(10-17-14(15)4-7-29-17)32-22-30-8-5-19(33-22)25(26,27)28/h4-5,7-11,16,29,36H,3,6,12H2,1-2H3,(H,34,35)(H,30,32,33). The van der Waals surface area contributed by atoms with Crippen molar-refractivity contribution < 1.29 is 28.2 Å². The lowest BCUT2D eigenvalue weighted by atomic mass is 9.63. The van der Waals surface area contributed by atoms with E-state index in [0.29, 0.717) is 17.1 Å². The summed E-state index contributed by atoms with van der Waals surface area (Å²) in [5.41, 5.74) is -0.944. The van der Waals surface area contributed by atoms with Crippen LogP contribution in [0.25, 0.3) is 21.3 Å². The van der Waals surface area contributed by atoms with E-state index in [-0.39, 0.29) is 18.8 Å². The fourth-order valence-corrected chi connectivity index (χ4v) is 6.20. The number of aliphatic hydroxyl groups is 1. The Hall–Kier alpha value is -3.51. The molecule has 0 saturated heterocycles. The van der Waals surface area contributed by atoms with Gasteiger partial charge in [-0.1, -0.05) is 13.8 Å². The molecule has 3 aromatic heterocycles. The van der Waals surface area contributed by atoms with Crippen molar-refractivity contribution in [1.82, 2.24) is 19.9 Å². The van der Waals surface area contributed by atoms with Crippen LogP contribution in [0.5, 0.6) is 0 Å². The average molecular weight is 532 g/mol. The summed E-state index contributed by atoms with van der Waals surface area (Å²) in [7, 11) is 0. The molecule has 0 radical (unpaired) electrons. The first kappa shape index (κ1) is 25.2. The number of aromatic nitrogens is 4. The number of nitrogens with zero attached hydrogens (tertiary/aromatic N) is 3. The topological polar surface area (TPSA) is 124 Å². The maximum atomic E-state index is 13.1. The minimum absolute atomic E-state index is 0.191. The summed E-state index contributed by atoms with van der Waals surface area (Å²) >= 11 is 1.31. The molecule has 0 bridgehead atoms. The van der Waals surface area contributed by atoms with Gasteiger partial charge in [0.25, 0.3) is 0 Å². The largest absolute Gasteiger partial charge is 0.481 e. The van der Waals surface area contributed by atoms with E-state index in [1.165, 1.54) is 11.3 Å². The number of carbonyl (C=O) groups is 1. The number of thiazole rings is 1. The number of aromatic amines is 1. The number of carboxylic acids is 1. The van der Waals surface area contributed by atoms with Gasteiger partial charge < -0.3 is 20.5 Å². The van der Waals surface area contributed by atoms with Gasteiger partial charge in [0.05, 0.1) is 10.8 Å². The maximum absolute atomic E-state index is 13.1. The molecule has 2 unspecified atom stereocenters. The lowest BCUT2D eigenvalue weighted by Gasteiger charge is -2.44. The molecule has 4 aromatic rings. The van der Waals surface area contributed by atoms with Crippen LogP contribution in [0.4, 0.5) is 24.8 Å². The summed E-state index contributed by atoms with van der Waals surface area (Å²) in [5.74, 6) is -1.60. The van der Waals surface area contributed by atoms with Crippen LogP contribution < -0.4 is 5.32 Å². The van der Waals surface area contributed by atoms with E-state index in [4.69, 9.17) is 0 Å². The molecular weight excluding hydrogens is 507 g/mol. The summed E-state index contributed by atoms with van der Waals surface area (Å²) in [5, 5.41) is 25.3. The highest BCUT2D eigenvalue weighted by Gasteiger charge is 2.49. The Kier molecular flexibility index (Phi) is 5.99. The number of anilines is 2. The number of alkyl halides is 3. The average Bonchev–Trinajstić information content (AvgIpc) is 3.47. The second kappa shape index (κ2) is 8.80. The molecule has 0 amide bonds. The fraction of sp³-hybridized carbons (Fsp3) is 0.360. The molecule has 12 heteroatoms. The number of hydrogen-bond donors (Lipinski definition) is 4. The molecule has 1 aliphatic rings. The number of halogens is 3. The van der Waals surface area contributed by atoms with Crippen LogP contribution in [-0.2, 0) is 16.6 Å². The second-order valence-corrected chi connectivity index (χ2v) is 11.0. The van der Waals surface area contributed by atoms with Crippen LogP contribution in [0.15, 0.2) is 42.9 Å². The SMILES string of the molecule is CC1(C)CC(O)(c2ncc(-c3cc(Nc4nccc(C(F)(F)F)n4)cc4[nH]ccc34)s2)CCC1C(=O)O. The lowest BCUT2D eigenvalue weighted by molar-refractivity contribution is -0.154. The highest BCUT2D eigenvalue weighted by molar-refractivity contribution is 7.15. The Labute approximate surface area is 213 Å². The minimum Gasteiger partial charge on any atom is -0.481 e. The third-order valence-corrected chi connectivity index (χ3v) is 8.10. The van der Waals surface area contributed by atoms with E-state index in [1.807, 2.05) is 19.9 Å². The van der Waals surface area contributed by atoms with E-state index >= 15 is 0 Å². The zero-order chi connectivity index (χ0) is 26.6. The highest BCUT2D eigenvalue weighted by atomic mass is 32.1. The van der Waals surface area contributed by atoms with Gasteiger partial charge in [-0.15, -0.1) is 11.3 Å². The van der Waals surface area contributed by atoms with Gasteiger partial charge >= 0.3 is 12.1 Å². The van der Waals surface area contributed by atoms with E-state index in [1.54, 1.807) is 24.5 Å². The maximum Gasteiger partial charge on any atom is 0.433 e. The first-order valence-electron chi connectivity index (χ1n) is 11.6. The predicted molar refractivity (Wildman–Crippen MR) is 132 cm³/mol. The molecule has 1 saturated carbocycles. The molecule has 0 spiro atoms. The van der Waals surface area contributed by atoms with Crippen LogP contribution in [0.3, 0.4) is 0 Å². The van der Waals surface area contributed by atoms with E-state index in [0.717, 1.165) is 33.6 Å². The van der Waals surface area contributed by atoms with Crippen molar-refractivity contribution >= 4 is 39.8 Å². The zero-order valence-corrected chi connectivity index (χ0v) is 20.7. The predicted octanol–water partition coefficient (Wildman–Crippen LogP) is 5.94. The molecule has 4 N–H and O–H groups in total. The number of fused-ring (bicyclic) bond motifs is 1. The molecule has 3 heterocycles. The van der Waals surface area contributed by atoms with Crippen LogP contribution in [0, 0.1) is 11.3 Å². The van der Waals surface area contributed by atoms with Crippen molar-refractivity contribution in [2.45, 2.75) is 44.9 Å². The van der Waals surface area contributed by atoms with Crippen molar-refractivity contribution in [3.05, 3.63) is 53.6 Å². The molecule has 194 valence electrons. The van der Waals surface area contributed by atoms with E-state index in [9.17, 15) is 28.2 Å². The van der Waals surface area contributed by atoms with Gasteiger partial charge in [-0.25, -0.2) is 15.0 Å². The van der Waals surface area contributed by atoms with Crippen molar-refractivity contribution in [3.8, 4) is 10.4 Å². The molecule has 5 rings (SSSR count). The smallest absolute Gasteiger partial charge is 0.433 e. The summed E-state index contributed by atoms with van der Waals surface area (Å²) in [4.78, 5) is 27.5. The normalized spacial score (nSPS) is 21.7. The van der Waals surface area contributed by atoms with Gasteiger partial charge in [0.15, 0.2) is 0 Å². The Morgan fingerprint density at radius 1 is 1.24 bits per heavy atom. The van der Waals surface area contributed by atoms with Gasteiger partial charge in [0, 0.05) is 40.7 Å². The number of rotatable bonds is 5.